The molecule has 0 amide bonds. The minimum Gasteiger partial charge on any atom is -0.383 e. The van der Waals surface area contributed by atoms with Crippen LogP contribution in [0.4, 0.5) is 11.4 Å². The van der Waals surface area contributed by atoms with Crippen molar-refractivity contribution in [2.75, 3.05) is 38.7 Å². The number of fused-ring (bicyclic) bond motifs is 1. The zero-order valence-electron chi connectivity index (χ0n) is 12.0. The summed E-state index contributed by atoms with van der Waals surface area (Å²) in [5.41, 5.74) is 1.38. The van der Waals surface area contributed by atoms with Crippen molar-refractivity contribution in [2.45, 2.75) is 6.92 Å². The zero-order chi connectivity index (χ0) is 15.2. The number of anilines is 1. The molecule has 114 valence electrons. The molecule has 0 spiro atoms. The van der Waals surface area contributed by atoms with Gasteiger partial charge in [-0.3, -0.25) is 10.1 Å². The molecule has 2 rings (SSSR count). The molecule has 0 saturated heterocycles. The molecule has 0 atom stereocenters. The van der Waals surface area contributed by atoms with Gasteiger partial charge in [0.1, 0.15) is 5.69 Å². The second-order valence-electron chi connectivity index (χ2n) is 4.50. The van der Waals surface area contributed by atoms with E-state index in [1.54, 1.807) is 19.2 Å². The van der Waals surface area contributed by atoms with E-state index in [4.69, 9.17) is 4.74 Å². The largest absolute Gasteiger partial charge is 0.383 e. The molecule has 1 heterocycles. The molecule has 0 saturated carbocycles. The van der Waals surface area contributed by atoms with Crippen LogP contribution in [-0.4, -0.2) is 43.3 Å². The molecule has 0 aliphatic carbocycles. The van der Waals surface area contributed by atoms with Gasteiger partial charge in [-0.15, -0.1) is 11.3 Å². The van der Waals surface area contributed by atoms with Gasteiger partial charge in [-0.2, -0.15) is 0 Å². The van der Waals surface area contributed by atoms with Crippen molar-refractivity contribution in [3.05, 3.63) is 27.3 Å². The van der Waals surface area contributed by atoms with Crippen LogP contribution in [0.3, 0.4) is 0 Å². The first-order valence-corrected chi connectivity index (χ1v) is 7.42. The van der Waals surface area contributed by atoms with Crippen molar-refractivity contribution in [3.8, 4) is 0 Å². The van der Waals surface area contributed by atoms with E-state index in [0.29, 0.717) is 25.4 Å². The molecule has 7 nitrogen and oxygen atoms in total. The minimum atomic E-state index is -0.366. The third-order valence-corrected chi connectivity index (χ3v) is 3.84. The molecule has 0 fully saturated rings. The van der Waals surface area contributed by atoms with E-state index in [1.165, 1.54) is 11.3 Å². The number of rotatable bonds is 8. The maximum Gasteiger partial charge on any atom is 0.293 e. The van der Waals surface area contributed by atoms with Crippen molar-refractivity contribution >= 4 is 32.9 Å². The van der Waals surface area contributed by atoms with Crippen LogP contribution in [0.25, 0.3) is 10.2 Å². The van der Waals surface area contributed by atoms with Gasteiger partial charge in [0.05, 0.1) is 26.8 Å². The topological polar surface area (TPSA) is 89.3 Å². The summed E-state index contributed by atoms with van der Waals surface area (Å²) in [6.45, 7) is 4.59. The summed E-state index contributed by atoms with van der Waals surface area (Å²) in [6, 6.07) is 3.33. The third kappa shape index (κ3) is 4.10. The van der Waals surface area contributed by atoms with Crippen LogP contribution in [0.5, 0.6) is 0 Å². The Kier molecular flexibility index (Phi) is 5.43. The van der Waals surface area contributed by atoms with E-state index >= 15 is 0 Å². The van der Waals surface area contributed by atoms with Gasteiger partial charge in [0.2, 0.25) is 0 Å². The first kappa shape index (κ1) is 15.6. The van der Waals surface area contributed by atoms with Gasteiger partial charge in [-0.1, -0.05) is 0 Å². The molecule has 2 aromatic rings. The predicted octanol–water partition coefficient (Wildman–Crippen LogP) is 2.16. The van der Waals surface area contributed by atoms with Gasteiger partial charge in [0, 0.05) is 32.8 Å². The second kappa shape index (κ2) is 7.30. The Hall–Kier alpha value is -1.77. The summed E-state index contributed by atoms with van der Waals surface area (Å²) < 4.78 is 5.76. The van der Waals surface area contributed by atoms with Crippen LogP contribution < -0.4 is 10.6 Å². The quantitative estimate of drug-likeness (QED) is 0.441. The number of ether oxygens (including phenoxy) is 1. The Balaban J connectivity index is 2.06. The van der Waals surface area contributed by atoms with Crippen LogP contribution in [0.1, 0.15) is 5.01 Å². The first-order chi connectivity index (χ1) is 10.1. The number of aryl methyl sites for hydroxylation is 1. The lowest BCUT2D eigenvalue weighted by atomic mass is 10.2. The molecule has 0 bridgehead atoms. The zero-order valence-corrected chi connectivity index (χ0v) is 12.8. The molecule has 0 aliphatic rings. The summed E-state index contributed by atoms with van der Waals surface area (Å²) >= 11 is 1.46. The fourth-order valence-corrected chi connectivity index (χ4v) is 2.80. The number of nitro benzene ring substituents is 1. The lowest BCUT2D eigenvalue weighted by Gasteiger charge is -2.08. The Labute approximate surface area is 126 Å². The van der Waals surface area contributed by atoms with Crippen LogP contribution in [0.2, 0.25) is 0 Å². The van der Waals surface area contributed by atoms with Gasteiger partial charge in [-0.05, 0) is 13.0 Å². The average molecular weight is 310 g/mol. The molecular weight excluding hydrogens is 292 g/mol. The molecule has 8 heteroatoms. The highest BCUT2D eigenvalue weighted by molar-refractivity contribution is 7.18. The lowest BCUT2D eigenvalue weighted by Crippen LogP contribution is -2.25. The number of hydrogen-bond donors (Lipinski definition) is 2. The van der Waals surface area contributed by atoms with Gasteiger partial charge in [-0.25, -0.2) is 4.98 Å². The summed E-state index contributed by atoms with van der Waals surface area (Å²) in [4.78, 5) is 15.2. The van der Waals surface area contributed by atoms with Crippen LogP contribution in [-0.2, 0) is 4.74 Å². The number of nitro groups is 1. The van der Waals surface area contributed by atoms with E-state index in [2.05, 4.69) is 15.6 Å². The SMILES string of the molecule is COCCNCCNc1cc2nc(C)sc2cc1[N+](=O)[O-]. The van der Waals surface area contributed by atoms with Gasteiger partial charge >= 0.3 is 0 Å². The monoisotopic (exact) mass is 310 g/mol. The molecule has 2 N–H and O–H groups in total. The predicted molar refractivity (Wildman–Crippen MR) is 84.2 cm³/mol. The molecule has 1 aromatic heterocycles. The molecule has 0 radical (unpaired) electrons. The van der Waals surface area contributed by atoms with Crippen LogP contribution >= 0.6 is 11.3 Å². The van der Waals surface area contributed by atoms with Crippen molar-refractivity contribution in [2.24, 2.45) is 0 Å². The number of nitrogens with one attached hydrogen (secondary N) is 2. The summed E-state index contributed by atoms with van der Waals surface area (Å²) in [6.07, 6.45) is 0. The summed E-state index contributed by atoms with van der Waals surface area (Å²) in [7, 11) is 1.65. The maximum atomic E-state index is 11.2. The Bertz CT molecular complexity index is 629. The second-order valence-corrected chi connectivity index (χ2v) is 5.73. The summed E-state index contributed by atoms with van der Waals surface area (Å²) in [5, 5.41) is 18.3. The fourth-order valence-electron chi connectivity index (χ4n) is 1.96. The number of nitrogens with zero attached hydrogens (tertiary/aromatic N) is 2. The van der Waals surface area contributed by atoms with E-state index in [1.807, 2.05) is 6.92 Å². The van der Waals surface area contributed by atoms with Crippen molar-refractivity contribution < 1.29 is 9.66 Å². The highest BCUT2D eigenvalue weighted by Crippen LogP contribution is 2.32. The Morgan fingerprint density at radius 1 is 1.38 bits per heavy atom. The third-order valence-electron chi connectivity index (χ3n) is 2.91. The molecule has 21 heavy (non-hydrogen) atoms. The Morgan fingerprint density at radius 2 is 2.19 bits per heavy atom. The van der Waals surface area contributed by atoms with Crippen LogP contribution in [0.15, 0.2) is 12.1 Å². The average Bonchev–Trinajstić information content (AvgIpc) is 2.80. The molecular formula is C13H18N4O3S. The normalized spacial score (nSPS) is 11.0. The van der Waals surface area contributed by atoms with Crippen molar-refractivity contribution in [1.29, 1.82) is 0 Å². The number of hydrogen-bond acceptors (Lipinski definition) is 7. The fraction of sp³-hybridized carbons (Fsp3) is 0.462. The number of thiazole rings is 1. The smallest absolute Gasteiger partial charge is 0.293 e. The highest BCUT2D eigenvalue weighted by Gasteiger charge is 2.16. The van der Waals surface area contributed by atoms with E-state index in [-0.39, 0.29) is 10.6 Å². The molecule has 0 unspecified atom stereocenters. The number of benzene rings is 1. The standard InChI is InChI=1S/C13H18N4O3S/c1-9-16-11-7-10(15-4-3-14-5-6-20-2)12(17(18)19)8-13(11)21-9/h7-8,14-15H,3-6H2,1-2H3. The van der Waals surface area contributed by atoms with E-state index < -0.39 is 0 Å². The maximum absolute atomic E-state index is 11.2. The van der Waals surface area contributed by atoms with Crippen LogP contribution in [0, 0.1) is 17.0 Å². The number of methoxy groups -OCH3 is 1. The molecule has 0 aliphatic heterocycles. The Morgan fingerprint density at radius 3 is 2.90 bits per heavy atom. The van der Waals surface area contributed by atoms with E-state index in [9.17, 15) is 10.1 Å². The number of aromatic nitrogens is 1. The lowest BCUT2D eigenvalue weighted by molar-refractivity contribution is -0.383. The van der Waals surface area contributed by atoms with Crippen molar-refractivity contribution in [3.63, 3.8) is 0 Å². The first-order valence-electron chi connectivity index (χ1n) is 6.61. The van der Waals surface area contributed by atoms with Gasteiger partial charge in [0.25, 0.3) is 5.69 Å². The summed E-state index contributed by atoms with van der Waals surface area (Å²) in [5.74, 6) is 0. The van der Waals surface area contributed by atoms with Crippen molar-refractivity contribution in [1.82, 2.24) is 10.3 Å². The minimum absolute atomic E-state index is 0.0861. The van der Waals surface area contributed by atoms with Gasteiger partial charge < -0.3 is 15.4 Å². The molecule has 1 aromatic carbocycles. The van der Waals surface area contributed by atoms with Gasteiger partial charge in [0.15, 0.2) is 0 Å². The van der Waals surface area contributed by atoms with E-state index in [0.717, 1.165) is 21.8 Å². The highest BCUT2D eigenvalue weighted by atomic mass is 32.1.